The van der Waals surface area contributed by atoms with Crippen molar-refractivity contribution in [3.05, 3.63) is 78.9 Å². The monoisotopic (exact) mass is 382 g/mol. The molecular formula is C20H13F3N4O. The molecule has 0 saturated heterocycles. The van der Waals surface area contributed by atoms with Gasteiger partial charge in [-0.15, -0.1) is 0 Å². The van der Waals surface area contributed by atoms with E-state index >= 15 is 0 Å². The van der Waals surface area contributed by atoms with Crippen molar-refractivity contribution in [2.75, 3.05) is 5.32 Å². The molecule has 0 unspecified atom stereocenters. The predicted molar refractivity (Wildman–Crippen MR) is 98.6 cm³/mol. The molecule has 0 spiro atoms. The number of hydrogen-bond acceptors (Lipinski definition) is 5. The second-order valence-electron chi connectivity index (χ2n) is 5.87. The molecule has 2 aromatic heterocycles. The number of alkyl halides is 3. The Morgan fingerprint density at radius 3 is 2.25 bits per heavy atom. The highest BCUT2D eigenvalue weighted by Crippen LogP contribution is 2.30. The van der Waals surface area contributed by atoms with E-state index in [-0.39, 0.29) is 5.75 Å². The molecule has 0 saturated carbocycles. The molecule has 0 radical (unpaired) electrons. The minimum Gasteiger partial charge on any atom is -0.456 e. The average Bonchev–Trinajstić information content (AvgIpc) is 2.69. The van der Waals surface area contributed by atoms with Crippen molar-refractivity contribution < 1.29 is 17.9 Å². The van der Waals surface area contributed by atoms with Gasteiger partial charge >= 0.3 is 6.18 Å². The smallest absolute Gasteiger partial charge is 0.433 e. The van der Waals surface area contributed by atoms with Gasteiger partial charge in [0.05, 0.1) is 11.7 Å². The third kappa shape index (κ3) is 3.85. The molecule has 140 valence electrons. The number of anilines is 2. The zero-order valence-corrected chi connectivity index (χ0v) is 14.3. The molecule has 0 aliphatic rings. The summed E-state index contributed by atoms with van der Waals surface area (Å²) in [6.45, 7) is 0. The standard InChI is InChI=1S/C20H13F3N4O/c21-20(22,23)18-10-9-15(11-24-18)28-14-7-5-13(6-8-14)27-19-16-3-1-2-4-17(16)25-12-26-19/h1-12H,(H,25,26,27). The maximum atomic E-state index is 12.5. The van der Waals surface area contributed by atoms with Crippen LogP contribution >= 0.6 is 0 Å². The highest BCUT2D eigenvalue weighted by atomic mass is 19.4. The van der Waals surface area contributed by atoms with Gasteiger partial charge in [0, 0.05) is 11.1 Å². The Labute approximate surface area is 157 Å². The number of hydrogen-bond donors (Lipinski definition) is 1. The highest BCUT2D eigenvalue weighted by molar-refractivity contribution is 5.90. The number of fused-ring (bicyclic) bond motifs is 1. The Morgan fingerprint density at radius 1 is 0.786 bits per heavy atom. The number of ether oxygens (including phenoxy) is 1. The molecular weight excluding hydrogens is 369 g/mol. The van der Waals surface area contributed by atoms with Crippen molar-refractivity contribution in [1.29, 1.82) is 0 Å². The van der Waals surface area contributed by atoms with Crippen LogP contribution in [0.1, 0.15) is 5.69 Å². The lowest BCUT2D eigenvalue weighted by atomic mass is 10.2. The molecule has 5 nitrogen and oxygen atoms in total. The van der Waals surface area contributed by atoms with Crippen molar-refractivity contribution >= 4 is 22.4 Å². The molecule has 0 bridgehead atoms. The lowest BCUT2D eigenvalue weighted by Gasteiger charge is -2.10. The first-order valence-corrected chi connectivity index (χ1v) is 8.27. The number of halogens is 3. The van der Waals surface area contributed by atoms with Crippen LogP contribution in [0.25, 0.3) is 10.9 Å². The molecule has 8 heteroatoms. The summed E-state index contributed by atoms with van der Waals surface area (Å²) >= 11 is 0. The first kappa shape index (κ1) is 17.7. The first-order chi connectivity index (χ1) is 13.5. The van der Waals surface area contributed by atoms with Crippen LogP contribution in [-0.4, -0.2) is 15.0 Å². The summed E-state index contributed by atoms with van der Waals surface area (Å²) in [6.07, 6.45) is -1.95. The summed E-state index contributed by atoms with van der Waals surface area (Å²) in [5.41, 5.74) is 0.646. The van der Waals surface area contributed by atoms with Gasteiger partial charge in [0.15, 0.2) is 0 Å². The van der Waals surface area contributed by atoms with Gasteiger partial charge in [-0.2, -0.15) is 13.2 Å². The minimum absolute atomic E-state index is 0.218. The van der Waals surface area contributed by atoms with E-state index in [1.165, 1.54) is 12.4 Å². The quantitative estimate of drug-likeness (QED) is 0.499. The van der Waals surface area contributed by atoms with E-state index in [0.717, 1.165) is 28.9 Å². The van der Waals surface area contributed by atoms with E-state index in [0.29, 0.717) is 11.6 Å². The summed E-state index contributed by atoms with van der Waals surface area (Å²) in [6, 6.07) is 16.7. The van der Waals surface area contributed by atoms with Crippen molar-refractivity contribution in [2.24, 2.45) is 0 Å². The number of pyridine rings is 1. The topological polar surface area (TPSA) is 59.9 Å². The summed E-state index contributed by atoms with van der Waals surface area (Å²) < 4.78 is 43.2. The van der Waals surface area contributed by atoms with Crippen molar-refractivity contribution in [1.82, 2.24) is 15.0 Å². The van der Waals surface area contributed by atoms with Crippen LogP contribution in [0, 0.1) is 0 Å². The van der Waals surface area contributed by atoms with Crippen molar-refractivity contribution in [2.45, 2.75) is 6.18 Å². The van der Waals surface area contributed by atoms with Gasteiger partial charge in [0.2, 0.25) is 0 Å². The molecule has 0 aliphatic heterocycles. The van der Waals surface area contributed by atoms with Gasteiger partial charge in [-0.05, 0) is 48.5 Å². The van der Waals surface area contributed by atoms with Crippen LogP contribution in [0.5, 0.6) is 11.5 Å². The van der Waals surface area contributed by atoms with Crippen LogP contribution in [-0.2, 0) is 6.18 Å². The Bertz CT molecular complexity index is 1090. The molecule has 2 aromatic carbocycles. The fourth-order valence-electron chi connectivity index (χ4n) is 2.59. The number of rotatable bonds is 4. The fourth-order valence-corrected chi connectivity index (χ4v) is 2.59. The van der Waals surface area contributed by atoms with Crippen LogP contribution < -0.4 is 10.1 Å². The van der Waals surface area contributed by atoms with E-state index in [2.05, 4.69) is 20.3 Å². The predicted octanol–water partition coefficient (Wildman–Crippen LogP) is 5.58. The lowest BCUT2D eigenvalue weighted by Crippen LogP contribution is -2.07. The maximum Gasteiger partial charge on any atom is 0.433 e. The van der Waals surface area contributed by atoms with Gasteiger partial charge in [-0.25, -0.2) is 15.0 Å². The van der Waals surface area contributed by atoms with Gasteiger partial charge in [0.25, 0.3) is 0 Å². The number of nitrogens with zero attached hydrogens (tertiary/aromatic N) is 3. The van der Waals surface area contributed by atoms with E-state index < -0.39 is 11.9 Å². The lowest BCUT2D eigenvalue weighted by molar-refractivity contribution is -0.141. The summed E-state index contributed by atoms with van der Waals surface area (Å²) in [4.78, 5) is 11.9. The van der Waals surface area contributed by atoms with Crippen molar-refractivity contribution in [3.63, 3.8) is 0 Å². The zero-order valence-electron chi connectivity index (χ0n) is 14.3. The summed E-state index contributed by atoms with van der Waals surface area (Å²) in [7, 11) is 0. The number of para-hydroxylation sites is 1. The van der Waals surface area contributed by atoms with Gasteiger partial charge in [-0.3, -0.25) is 0 Å². The van der Waals surface area contributed by atoms with E-state index in [4.69, 9.17) is 4.74 Å². The second-order valence-corrected chi connectivity index (χ2v) is 5.87. The van der Waals surface area contributed by atoms with Gasteiger partial charge < -0.3 is 10.1 Å². The molecule has 0 aliphatic carbocycles. The number of aromatic nitrogens is 3. The largest absolute Gasteiger partial charge is 0.456 e. The van der Waals surface area contributed by atoms with Crippen molar-refractivity contribution in [3.8, 4) is 11.5 Å². The molecule has 0 amide bonds. The maximum absolute atomic E-state index is 12.5. The van der Waals surface area contributed by atoms with E-state index in [9.17, 15) is 13.2 Å². The third-order valence-electron chi connectivity index (χ3n) is 3.92. The molecule has 4 aromatic rings. The summed E-state index contributed by atoms with van der Waals surface area (Å²) in [5, 5.41) is 4.11. The zero-order chi connectivity index (χ0) is 19.6. The van der Waals surface area contributed by atoms with Crippen LogP contribution in [0.3, 0.4) is 0 Å². The molecule has 1 N–H and O–H groups in total. The SMILES string of the molecule is FC(F)(F)c1ccc(Oc2ccc(Nc3ncnc4ccccc34)cc2)cn1. The summed E-state index contributed by atoms with van der Waals surface area (Å²) in [5.74, 6) is 1.36. The Morgan fingerprint density at radius 2 is 1.54 bits per heavy atom. The molecule has 4 rings (SSSR count). The first-order valence-electron chi connectivity index (χ1n) is 8.27. The molecule has 0 fully saturated rings. The molecule has 28 heavy (non-hydrogen) atoms. The Kier molecular flexibility index (Phi) is 4.52. The van der Waals surface area contributed by atoms with E-state index in [1.54, 1.807) is 24.3 Å². The van der Waals surface area contributed by atoms with Crippen LogP contribution in [0.4, 0.5) is 24.7 Å². The average molecular weight is 382 g/mol. The number of nitrogens with one attached hydrogen (secondary N) is 1. The Balaban J connectivity index is 1.48. The molecule has 2 heterocycles. The van der Waals surface area contributed by atoms with Gasteiger partial charge in [-0.1, -0.05) is 12.1 Å². The van der Waals surface area contributed by atoms with Gasteiger partial charge in [0.1, 0.15) is 29.3 Å². The van der Waals surface area contributed by atoms with Crippen LogP contribution in [0.2, 0.25) is 0 Å². The minimum atomic E-state index is -4.48. The fraction of sp³-hybridized carbons (Fsp3) is 0.0500. The molecule has 0 atom stereocenters. The third-order valence-corrected chi connectivity index (χ3v) is 3.92. The Hall–Kier alpha value is -3.68. The van der Waals surface area contributed by atoms with Crippen LogP contribution in [0.15, 0.2) is 73.2 Å². The highest BCUT2D eigenvalue weighted by Gasteiger charge is 2.32. The van der Waals surface area contributed by atoms with E-state index in [1.807, 2.05) is 24.3 Å². The second kappa shape index (κ2) is 7.15. The number of benzene rings is 2. The normalized spacial score (nSPS) is 11.4.